The Kier molecular flexibility index (Phi) is 7.24. The molecule has 1 saturated heterocycles. The van der Waals surface area contributed by atoms with E-state index < -0.39 is 42.0 Å². The summed E-state index contributed by atoms with van der Waals surface area (Å²) in [6.45, 7) is 0.980. The molecule has 8 nitrogen and oxygen atoms in total. The van der Waals surface area contributed by atoms with Crippen LogP contribution in [0.25, 0.3) is 0 Å². The summed E-state index contributed by atoms with van der Waals surface area (Å²) in [4.78, 5) is 37.8. The van der Waals surface area contributed by atoms with Crippen LogP contribution in [0.5, 0.6) is 0 Å². The van der Waals surface area contributed by atoms with Gasteiger partial charge in [-0.25, -0.2) is 14.4 Å². The number of carbonyl (C=O) groups is 3. The Balaban J connectivity index is 1.53. The van der Waals surface area contributed by atoms with E-state index in [1.807, 2.05) is 0 Å². The van der Waals surface area contributed by atoms with Gasteiger partial charge in [-0.3, -0.25) is 0 Å². The summed E-state index contributed by atoms with van der Waals surface area (Å²) in [6.07, 6.45) is -3.88. The predicted octanol–water partition coefficient (Wildman–Crippen LogP) is 3.40. The van der Waals surface area contributed by atoms with Crippen molar-refractivity contribution in [3.63, 3.8) is 0 Å². The molecule has 1 aliphatic heterocycles. The lowest BCUT2D eigenvalue weighted by Crippen LogP contribution is -2.49. The molecule has 1 fully saturated rings. The van der Waals surface area contributed by atoms with E-state index in [0.717, 1.165) is 0 Å². The summed E-state index contributed by atoms with van der Waals surface area (Å²) in [5.41, 5.74) is -1.10. The molecule has 8 heteroatoms. The SMILES string of the molecule is C[C@@]1(O)[C@@H](OC(=O)c2ccccc2)O[C@H](COC(=O)c2ccccc2)[C@H]1OC(=O)c1ccccc1. The average Bonchev–Trinajstić information content (AvgIpc) is 3.12. The molecule has 0 radical (unpaired) electrons. The van der Waals surface area contributed by atoms with Crippen molar-refractivity contribution in [1.29, 1.82) is 0 Å². The first-order valence-corrected chi connectivity index (χ1v) is 11.0. The highest BCUT2D eigenvalue weighted by Gasteiger charge is 2.57. The molecule has 1 N–H and O–H groups in total. The number of ether oxygens (including phenoxy) is 4. The molecule has 3 aromatic carbocycles. The van der Waals surface area contributed by atoms with E-state index in [2.05, 4.69) is 0 Å². The molecule has 1 aliphatic rings. The van der Waals surface area contributed by atoms with Crippen LogP contribution in [0.4, 0.5) is 0 Å². The summed E-state index contributed by atoms with van der Waals surface area (Å²) < 4.78 is 22.1. The summed E-state index contributed by atoms with van der Waals surface area (Å²) in [6, 6.07) is 24.7. The van der Waals surface area contributed by atoms with Gasteiger partial charge in [0.2, 0.25) is 6.29 Å². The van der Waals surface area contributed by atoms with Crippen LogP contribution in [-0.2, 0) is 18.9 Å². The second-order valence-corrected chi connectivity index (χ2v) is 8.16. The quantitative estimate of drug-likeness (QED) is 0.408. The molecule has 0 spiro atoms. The number of hydrogen-bond donors (Lipinski definition) is 1. The summed E-state index contributed by atoms with van der Waals surface area (Å²) in [5.74, 6) is -2.06. The lowest BCUT2D eigenvalue weighted by atomic mass is 9.97. The average molecular weight is 476 g/mol. The van der Waals surface area contributed by atoms with Crippen molar-refractivity contribution in [2.24, 2.45) is 0 Å². The van der Waals surface area contributed by atoms with Crippen molar-refractivity contribution in [1.82, 2.24) is 0 Å². The topological polar surface area (TPSA) is 108 Å². The number of esters is 3. The zero-order valence-corrected chi connectivity index (χ0v) is 18.9. The van der Waals surface area contributed by atoms with Crippen LogP contribution >= 0.6 is 0 Å². The highest BCUT2D eigenvalue weighted by Crippen LogP contribution is 2.35. The first-order valence-electron chi connectivity index (χ1n) is 11.0. The second kappa shape index (κ2) is 10.5. The van der Waals surface area contributed by atoms with Gasteiger partial charge in [0.25, 0.3) is 0 Å². The van der Waals surface area contributed by atoms with Gasteiger partial charge in [0.15, 0.2) is 11.7 Å². The molecular formula is C27H24O8. The Morgan fingerprint density at radius 3 is 1.66 bits per heavy atom. The fraction of sp³-hybridized carbons (Fsp3) is 0.222. The molecule has 180 valence electrons. The van der Waals surface area contributed by atoms with E-state index in [1.165, 1.54) is 6.92 Å². The largest absolute Gasteiger partial charge is 0.459 e. The van der Waals surface area contributed by atoms with Gasteiger partial charge in [0, 0.05) is 0 Å². The molecule has 4 rings (SSSR count). The fourth-order valence-corrected chi connectivity index (χ4v) is 3.66. The van der Waals surface area contributed by atoms with Crippen LogP contribution in [0, 0.1) is 0 Å². The minimum Gasteiger partial charge on any atom is -0.459 e. The Bertz CT molecular complexity index is 1160. The fourth-order valence-electron chi connectivity index (χ4n) is 3.66. The van der Waals surface area contributed by atoms with Gasteiger partial charge in [-0.05, 0) is 43.3 Å². The van der Waals surface area contributed by atoms with E-state index in [4.69, 9.17) is 18.9 Å². The van der Waals surface area contributed by atoms with E-state index >= 15 is 0 Å². The highest BCUT2D eigenvalue weighted by molar-refractivity contribution is 5.90. The number of benzene rings is 3. The first kappa shape index (κ1) is 24.1. The molecule has 0 bridgehead atoms. The van der Waals surface area contributed by atoms with Crippen LogP contribution < -0.4 is 0 Å². The smallest absolute Gasteiger partial charge is 0.340 e. The van der Waals surface area contributed by atoms with E-state index in [-0.39, 0.29) is 17.7 Å². The highest BCUT2D eigenvalue weighted by atomic mass is 16.7. The standard InChI is InChI=1S/C27H24O8/c1-27(31)22(34-24(29)19-13-7-3-8-14-19)21(17-32-23(28)18-11-5-2-6-12-18)33-26(27)35-25(30)20-15-9-4-10-16-20/h2-16,21-22,26,31H,17H2,1H3/t21-,22-,26-,27+/m1/s1. The van der Waals surface area contributed by atoms with Crippen LogP contribution in [0.1, 0.15) is 38.0 Å². The maximum Gasteiger partial charge on any atom is 0.340 e. The maximum atomic E-state index is 12.7. The van der Waals surface area contributed by atoms with Gasteiger partial charge in [-0.2, -0.15) is 0 Å². The number of carbonyl (C=O) groups excluding carboxylic acids is 3. The van der Waals surface area contributed by atoms with E-state index in [0.29, 0.717) is 5.56 Å². The minimum atomic E-state index is -1.93. The third-order valence-corrected chi connectivity index (χ3v) is 5.54. The van der Waals surface area contributed by atoms with Gasteiger partial charge in [0.05, 0.1) is 16.7 Å². The number of rotatable bonds is 7. The molecule has 0 amide bonds. The molecule has 3 aromatic rings. The Hall–Kier alpha value is -4.01. The Morgan fingerprint density at radius 1 is 0.743 bits per heavy atom. The summed E-state index contributed by atoms with van der Waals surface area (Å²) in [7, 11) is 0. The second-order valence-electron chi connectivity index (χ2n) is 8.16. The Labute approximate surface area is 202 Å². The normalized spacial score (nSPS) is 23.3. The van der Waals surface area contributed by atoms with Crippen molar-refractivity contribution in [2.45, 2.75) is 31.0 Å². The molecular weight excluding hydrogens is 452 g/mol. The van der Waals surface area contributed by atoms with Crippen molar-refractivity contribution >= 4 is 17.9 Å². The van der Waals surface area contributed by atoms with Crippen LogP contribution in [0.15, 0.2) is 91.0 Å². The van der Waals surface area contributed by atoms with E-state index in [9.17, 15) is 19.5 Å². The summed E-state index contributed by atoms with van der Waals surface area (Å²) >= 11 is 0. The minimum absolute atomic E-state index is 0.253. The lowest BCUT2D eigenvalue weighted by Gasteiger charge is -2.29. The van der Waals surface area contributed by atoms with Crippen LogP contribution in [-0.4, -0.2) is 53.7 Å². The van der Waals surface area contributed by atoms with Crippen molar-refractivity contribution in [3.05, 3.63) is 108 Å². The molecule has 0 aromatic heterocycles. The molecule has 4 atom stereocenters. The Morgan fingerprint density at radius 2 is 1.17 bits per heavy atom. The first-order chi connectivity index (χ1) is 16.9. The molecule has 0 unspecified atom stereocenters. The number of hydrogen-bond acceptors (Lipinski definition) is 8. The van der Waals surface area contributed by atoms with Crippen molar-refractivity contribution in [3.8, 4) is 0 Å². The van der Waals surface area contributed by atoms with Crippen molar-refractivity contribution in [2.75, 3.05) is 6.61 Å². The number of aliphatic hydroxyl groups is 1. The molecule has 1 heterocycles. The van der Waals surface area contributed by atoms with Gasteiger partial charge >= 0.3 is 17.9 Å². The zero-order valence-electron chi connectivity index (χ0n) is 18.9. The molecule has 0 saturated carbocycles. The zero-order chi connectivity index (χ0) is 24.8. The van der Waals surface area contributed by atoms with Gasteiger partial charge in [-0.15, -0.1) is 0 Å². The lowest BCUT2D eigenvalue weighted by molar-refractivity contribution is -0.173. The van der Waals surface area contributed by atoms with Gasteiger partial charge in [-0.1, -0.05) is 54.6 Å². The van der Waals surface area contributed by atoms with E-state index in [1.54, 1.807) is 91.0 Å². The predicted molar refractivity (Wildman–Crippen MR) is 124 cm³/mol. The van der Waals surface area contributed by atoms with Crippen LogP contribution in [0.2, 0.25) is 0 Å². The monoisotopic (exact) mass is 476 g/mol. The third-order valence-electron chi connectivity index (χ3n) is 5.54. The third kappa shape index (κ3) is 5.56. The summed E-state index contributed by atoms with van der Waals surface area (Å²) in [5, 5.41) is 11.2. The maximum absolute atomic E-state index is 12.7. The van der Waals surface area contributed by atoms with Crippen molar-refractivity contribution < 1.29 is 38.4 Å². The molecule has 0 aliphatic carbocycles. The van der Waals surface area contributed by atoms with Crippen LogP contribution in [0.3, 0.4) is 0 Å². The molecule has 35 heavy (non-hydrogen) atoms. The van der Waals surface area contributed by atoms with Gasteiger partial charge in [0.1, 0.15) is 12.7 Å². The van der Waals surface area contributed by atoms with Gasteiger partial charge < -0.3 is 24.1 Å².